The van der Waals surface area contributed by atoms with E-state index in [4.69, 9.17) is 5.73 Å². The third-order valence-corrected chi connectivity index (χ3v) is 3.84. The van der Waals surface area contributed by atoms with Gasteiger partial charge in [-0.2, -0.15) is 0 Å². The van der Waals surface area contributed by atoms with Crippen LogP contribution in [-0.2, 0) is 6.42 Å². The van der Waals surface area contributed by atoms with E-state index in [1.54, 1.807) is 0 Å². The third-order valence-electron chi connectivity index (χ3n) is 3.84. The van der Waals surface area contributed by atoms with Crippen LogP contribution in [-0.4, -0.2) is 18.6 Å². The van der Waals surface area contributed by atoms with Crippen molar-refractivity contribution in [3.8, 4) is 0 Å². The van der Waals surface area contributed by atoms with Crippen LogP contribution >= 0.6 is 0 Å². The molecule has 0 aromatic heterocycles. The molecule has 1 heterocycles. The van der Waals surface area contributed by atoms with Gasteiger partial charge in [0, 0.05) is 18.6 Å². The summed E-state index contributed by atoms with van der Waals surface area (Å²) in [6, 6.07) is 10.6. The van der Waals surface area contributed by atoms with Crippen LogP contribution in [0.5, 0.6) is 0 Å². The number of piperidine rings is 1. The van der Waals surface area contributed by atoms with E-state index < -0.39 is 0 Å². The van der Waals surface area contributed by atoms with Gasteiger partial charge in [0.15, 0.2) is 0 Å². The first-order valence-corrected chi connectivity index (χ1v) is 5.34. The van der Waals surface area contributed by atoms with Gasteiger partial charge in [-0.05, 0) is 23.8 Å². The van der Waals surface area contributed by atoms with Crippen LogP contribution in [0, 0.1) is 11.8 Å². The molecule has 3 N–H and O–H groups in total. The van der Waals surface area contributed by atoms with Gasteiger partial charge in [-0.25, -0.2) is 0 Å². The van der Waals surface area contributed by atoms with Crippen molar-refractivity contribution in [2.24, 2.45) is 17.6 Å². The van der Waals surface area contributed by atoms with Gasteiger partial charge >= 0.3 is 0 Å². The summed E-state index contributed by atoms with van der Waals surface area (Å²) in [5.74, 6) is 1.45. The fourth-order valence-electron chi connectivity index (χ4n) is 2.90. The highest BCUT2D eigenvalue weighted by atomic mass is 15.1. The fraction of sp³-hybridized carbons (Fsp3) is 0.500. The number of hydrogen-bond donors (Lipinski definition) is 2. The Hall–Kier alpha value is -0.860. The average Bonchev–Trinajstić information content (AvgIpc) is 2.64. The molecule has 1 aromatic rings. The van der Waals surface area contributed by atoms with E-state index in [9.17, 15) is 0 Å². The summed E-state index contributed by atoms with van der Waals surface area (Å²) in [5.41, 5.74) is 7.87. The van der Waals surface area contributed by atoms with Crippen molar-refractivity contribution in [3.63, 3.8) is 0 Å². The molecule has 3 rings (SSSR count). The van der Waals surface area contributed by atoms with Crippen LogP contribution in [0.1, 0.15) is 5.56 Å². The lowest BCUT2D eigenvalue weighted by atomic mass is 10.0. The quantitative estimate of drug-likeness (QED) is 0.719. The second-order valence-electron chi connectivity index (χ2n) is 4.65. The Morgan fingerprint density at radius 1 is 1.21 bits per heavy atom. The van der Waals surface area contributed by atoms with Gasteiger partial charge in [-0.3, -0.25) is 0 Å². The maximum atomic E-state index is 6.39. The highest BCUT2D eigenvalue weighted by molar-refractivity contribution is 5.28. The van der Waals surface area contributed by atoms with Crippen molar-refractivity contribution >= 4 is 0 Å². The first-order valence-electron chi connectivity index (χ1n) is 5.34. The second-order valence-corrected chi connectivity index (χ2v) is 4.65. The van der Waals surface area contributed by atoms with Crippen LogP contribution < -0.4 is 11.1 Å². The van der Waals surface area contributed by atoms with Gasteiger partial charge in [0.05, 0.1) is 0 Å². The molecule has 74 valence electrons. The molecule has 2 nitrogen and oxygen atoms in total. The lowest BCUT2D eigenvalue weighted by molar-refractivity contribution is 0.510. The van der Waals surface area contributed by atoms with E-state index in [0.29, 0.717) is 0 Å². The number of nitrogens with one attached hydrogen (secondary N) is 1. The molecule has 2 heteroatoms. The zero-order valence-corrected chi connectivity index (χ0v) is 8.24. The second kappa shape index (κ2) is 2.81. The molecule has 0 spiro atoms. The zero-order valence-electron chi connectivity index (χ0n) is 8.24. The SMILES string of the molecule is NC1(Cc2ccccc2)C2CNCC21. The topological polar surface area (TPSA) is 38.0 Å². The van der Waals surface area contributed by atoms with E-state index in [-0.39, 0.29) is 5.54 Å². The zero-order chi connectivity index (χ0) is 9.60. The van der Waals surface area contributed by atoms with Gasteiger partial charge in [-0.1, -0.05) is 30.3 Å². The van der Waals surface area contributed by atoms with E-state index in [1.807, 2.05) is 0 Å². The number of hydrogen-bond acceptors (Lipinski definition) is 2. The molecule has 2 atom stereocenters. The number of fused-ring (bicyclic) bond motifs is 1. The van der Waals surface area contributed by atoms with Gasteiger partial charge < -0.3 is 11.1 Å². The molecule has 2 aliphatic rings. The Kier molecular flexibility index (Phi) is 1.70. The maximum absolute atomic E-state index is 6.39. The van der Waals surface area contributed by atoms with Gasteiger partial charge in [0.2, 0.25) is 0 Å². The Balaban J connectivity index is 1.75. The molecular weight excluding hydrogens is 172 g/mol. The highest BCUT2D eigenvalue weighted by Crippen LogP contribution is 2.52. The summed E-state index contributed by atoms with van der Waals surface area (Å²) in [6.07, 6.45) is 1.05. The smallest absolute Gasteiger partial charge is 0.0284 e. The molecule has 0 radical (unpaired) electrons. The van der Waals surface area contributed by atoms with Crippen molar-refractivity contribution < 1.29 is 0 Å². The summed E-state index contributed by atoms with van der Waals surface area (Å²) in [7, 11) is 0. The summed E-state index contributed by atoms with van der Waals surface area (Å²) < 4.78 is 0. The molecule has 0 bridgehead atoms. The van der Waals surface area contributed by atoms with Crippen LogP contribution in [0.3, 0.4) is 0 Å². The molecule has 14 heavy (non-hydrogen) atoms. The first kappa shape index (κ1) is 8.45. The van der Waals surface area contributed by atoms with Crippen molar-refractivity contribution in [1.82, 2.24) is 5.32 Å². The van der Waals surface area contributed by atoms with E-state index in [1.165, 1.54) is 5.56 Å². The van der Waals surface area contributed by atoms with Crippen molar-refractivity contribution in [2.45, 2.75) is 12.0 Å². The van der Waals surface area contributed by atoms with Gasteiger partial charge in [-0.15, -0.1) is 0 Å². The maximum Gasteiger partial charge on any atom is 0.0284 e. The molecule has 2 unspecified atom stereocenters. The third kappa shape index (κ3) is 1.11. The lowest BCUT2D eigenvalue weighted by Crippen LogP contribution is -2.37. The van der Waals surface area contributed by atoms with Crippen molar-refractivity contribution in [2.75, 3.05) is 13.1 Å². The molecule has 2 fully saturated rings. The summed E-state index contributed by atoms with van der Waals surface area (Å²) in [4.78, 5) is 0. The summed E-state index contributed by atoms with van der Waals surface area (Å²) >= 11 is 0. The summed E-state index contributed by atoms with van der Waals surface area (Å²) in [6.45, 7) is 2.24. The largest absolute Gasteiger partial charge is 0.324 e. The van der Waals surface area contributed by atoms with Gasteiger partial charge in [0.25, 0.3) is 0 Å². The lowest BCUT2D eigenvalue weighted by Gasteiger charge is -2.15. The predicted molar refractivity (Wildman–Crippen MR) is 56.9 cm³/mol. The normalized spacial score (nSPS) is 39.5. The minimum Gasteiger partial charge on any atom is -0.324 e. The number of nitrogens with two attached hydrogens (primary N) is 1. The first-order chi connectivity index (χ1) is 6.81. The minimum atomic E-state index is 0.104. The van der Waals surface area contributed by atoms with E-state index >= 15 is 0 Å². The molecule has 1 aliphatic carbocycles. The molecule has 1 saturated carbocycles. The van der Waals surface area contributed by atoms with Crippen molar-refractivity contribution in [3.05, 3.63) is 35.9 Å². The molecular formula is C12H16N2. The Morgan fingerprint density at radius 2 is 1.86 bits per heavy atom. The van der Waals surface area contributed by atoms with Crippen LogP contribution in [0.2, 0.25) is 0 Å². The molecule has 1 saturated heterocycles. The summed E-state index contributed by atoms with van der Waals surface area (Å²) in [5, 5.41) is 3.38. The molecule has 1 aromatic carbocycles. The van der Waals surface area contributed by atoms with Crippen LogP contribution in [0.25, 0.3) is 0 Å². The average molecular weight is 188 g/mol. The van der Waals surface area contributed by atoms with Gasteiger partial charge in [0.1, 0.15) is 0 Å². The standard InChI is InChI=1S/C12H16N2/c13-12(10-7-14-8-11(10)12)6-9-4-2-1-3-5-9/h1-5,10-11,14H,6-8,13H2. The van der Waals surface area contributed by atoms with E-state index in [2.05, 4.69) is 35.6 Å². The highest BCUT2D eigenvalue weighted by Gasteiger charge is 2.63. The Labute approximate surface area is 84.5 Å². The molecule has 1 aliphatic heterocycles. The monoisotopic (exact) mass is 188 g/mol. The fourth-order valence-corrected chi connectivity index (χ4v) is 2.90. The van der Waals surface area contributed by atoms with Crippen molar-refractivity contribution in [1.29, 1.82) is 0 Å². The number of benzene rings is 1. The van der Waals surface area contributed by atoms with E-state index in [0.717, 1.165) is 31.3 Å². The van der Waals surface area contributed by atoms with Crippen LogP contribution in [0.4, 0.5) is 0 Å². The Bertz CT molecular complexity index is 323. The predicted octanol–water partition coefficient (Wildman–Crippen LogP) is 0.776. The Morgan fingerprint density at radius 3 is 2.50 bits per heavy atom. The van der Waals surface area contributed by atoms with Crippen LogP contribution in [0.15, 0.2) is 30.3 Å². The molecule has 0 amide bonds. The minimum absolute atomic E-state index is 0.104. The number of rotatable bonds is 2.